The van der Waals surface area contributed by atoms with Gasteiger partial charge in [0.1, 0.15) is 12.4 Å². The molecule has 0 N–H and O–H groups in total. The summed E-state index contributed by atoms with van der Waals surface area (Å²) in [4.78, 5) is 2.03. The molecule has 2 aromatic carbocycles. The second-order valence-electron chi connectivity index (χ2n) is 6.03. The van der Waals surface area contributed by atoms with Crippen molar-refractivity contribution in [3.05, 3.63) is 103 Å². The first-order valence-electron chi connectivity index (χ1n) is 8.57. The number of nitrogens with zero attached hydrogens (tertiary/aromatic N) is 1. The van der Waals surface area contributed by atoms with Gasteiger partial charge in [-0.15, -0.1) is 0 Å². The Bertz CT molecular complexity index is 878. The maximum Gasteiger partial charge on any atom is 0.151 e. The Morgan fingerprint density at radius 2 is 1.81 bits per heavy atom. The minimum absolute atomic E-state index is 0.334. The van der Waals surface area contributed by atoms with Gasteiger partial charge in [-0.2, -0.15) is 0 Å². The Morgan fingerprint density at radius 3 is 2.50 bits per heavy atom. The van der Waals surface area contributed by atoms with Crippen LogP contribution < -0.4 is 9.64 Å². The van der Waals surface area contributed by atoms with Gasteiger partial charge in [0.15, 0.2) is 5.75 Å². The van der Waals surface area contributed by atoms with E-state index in [1.807, 2.05) is 85.6 Å². The van der Waals surface area contributed by atoms with E-state index in [0.717, 1.165) is 34.0 Å². The van der Waals surface area contributed by atoms with Gasteiger partial charge in [0.05, 0.1) is 17.0 Å². The molecule has 0 aliphatic carbocycles. The molecule has 0 radical (unpaired) electrons. The van der Waals surface area contributed by atoms with Crippen LogP contribution in [0.1, 0.15) is 19.4 Å². The number of para-hydroxylation sites is 2. The Morgan fingerprint density at radius 1 is 1.12 bits per heavy atom. The number of hydrogen-bond donors (Lipinski definition) is 0. The molecule has 0 unspecified atom stereocenters. The number of anilines is 1. The van der Waals surface area contributed by atoms with Gasteiger partial charge in [-0.05, 0) is 26.0 Å². The number of hydrogen-bond acceptors (Lipinski definition) is 3. The molecule has 0 spiro atoms. The average Bonchev–Trinajstić information content (AvgIpc) is 2.76. The summed E-state index contributed by atoms with van der Waals surface area (Å²) >= 11 is 0. The maximum atomic E-state index is 6.37. The molecule has 0 atom stereocenters. The van der Waals surface area contributed by atoms with Gasteiger partial charge in [-0.25, -0.2) is 0 Å². The molecular formula is C23H23NO2. The number of fused-ring (bicyclic) bond motifs is 1. The van der Waals surface area contributed by atoms with Gasteiger partial charge in [-0.1, -0.05) is 61.7 Å². The molecule has 3 rings (SSSR count). The fourth-order valence-electron chi connectivity index (χ4n) is 2.82. The largest absolute Gasteiger partial charge is 0.494 e. The molecule has 0 fully saturated rings. The molecule has 0 aromatic heterocycles. The van der Waals surface area contributed by atoms with E-state index in [4.69, 9.17) is 9.47 Å². The topological polar surface area (TPSA) is 21.7 Å². The average molecular weight is 345 g/mol. The zero-order valence-corrected chi connectivity index (χ0v) is 15.2. The number of allylic oxidation sites excluding steroid dienone is 2. The van der Waals surface area contributed by atoms with E-state index in [0.29, 0.717) is 12.4 Å². The summed E-state index contributed by atoms with van der Waals surface area (Å²) in [5.41, 5.74) is 3.61. The van der Waals surface area contributed by atoms with Gasteiger partial charge < -0.3 is 14.4 Å². The molecule has 26 heavy (non-hydrogen) atoms. The summed E-state index contributed by atoms with van der Waals surface area (Å²) in [5, 5.41) is 0. The molecule has 2 aromatic rings. The summed E-state index contributed by atoms with van der Waals surface area (Å²) in [5.74, 6) is 2.17. The van der Waals surface area contributed by atoms with Gasteiger partial charge in [-0.3, -0.25) is 0 Å². The Hall–Kier alpha value is -3.20. The predicted molar refractivity (Wildman–Crippen MR) is 108 cm³/mol. The molecule has 0 saturated heterocycles. The molecule has 3 heteroatoms. The van der Waals surface area contributed by atoms with Crippen LogP contribution in [0.25, 0.3) is 5.76 Å². The van der Waals surface area contributed by atoms with E-state index in [-0.39, 0.29) is 0 Å². The van der Waals surface area contributed by atoms with E-state index in [1.54, 1.807) is 0 Å². The molecule has 1 heterocycles. The third-order valence-electron chi connectivity index (χ3n) is 4.05. The van der Waals surface area contributed by atoms with Crippen molar-refractivity contribution in [2.45, 2.75) is 13.8 Å². The quantitative estimate of drug-likeness (QED) is 0.630. The molecular weight excluding hydrogens is 322 g/mol. The zero-order chi connectivity index (χ0) is 18.5. The second-order valence-corrected chi connectivity index (χ2v) is 6.03. The Kier molecular flexibility index (Phi) is 5.28. The van der Waals surface area contributed by atoms with E-state index in [1.165, 1.54) is 0 Å². The van der Waals surface area contributed by atoms with Crippen LogP contribution in [0.5, 0.6) is 5.75 Å². The third-order valence-corrected chi connectivity index (χ3v) is 4.05. The van der Waals surface area contributed by atoms with Gasteiger partial charge in [0.2, 0.25) is 0 Å². The van der Waals surface area contributed by atoms with Crippen LogP contribution in [0.3, 0.4) is 0 Å². The fourth-order valence-corrected chi connectivity index (χ4v) is 2.82. The molecule has 0 bridgehead atoms. The highest BCUT2D eigenvalue weighted by Crippen LogP contribution is 2.40. The van der Waals surface area contributed by atoms with Gasteiger partial charge >= 0.3 is 0 Å². The lowest BCUT2D eigenvalue weighted by Gasteiger charge is -2.23. The summed E-state index contributed by atoms with van der Waals surface area (Å²) in [6, 6.07) is 18.0. The Labute approximate surface area is 155 Å². The van der Waals surface area contributed by atoms with Crippen LogP contribution >= 0.6 is 0 Å². The minimum atomic E-state index is 0.334. The van der Waals surface area contributed by atoms with Crippen LogP contribution in [-0.2, 0) is 4.74 Å². The van der Waals surface area contributed by atoms with E-state index < -0.39 is 0 Å². The molecule has 1 aliphatic rings. The molecule has 0 amide bonds. The summed E-state index contributed by atoms with van der Waals surface area (Å²) in [6.45, 7) is 12.3. The van der Waals surface area contributed by atoms with E-state index >= 15 is 0 Å². The zero-order valence-electron chi connectivity index (χ0n) is 15.2. The van der Waals surface area contributed by atoms with Crippen molar-refractivity contribution in [1.82, 2.24) is 0 Å². The fraction of sp³-hybridized carbons (Fsp3) is 0.130. The summed E-state index contributed by atoms with van der Waals surface area (Å²) in [7, 11) is 0. The van der Waals surface area contributed by atoms with Crippen molar-refractivity contribution < 1.29 is 9.47 Å². The SMILES string of the molecule is C=C(C)OCC1=C(c2ccccc2)Oc2ccccc2N(/C=C\C)C1=C. The van der Waals surface area contributed by atoms with Crippen molar-refractivity contribution in [2.24, 2.45) is 0 Å². The molecule has 1 aliphatic heterocycles. The molecule has 132 valence electrons. The summed E-state index contributed by atoms with van der Waals surface area (Å²) in [6.07, 6.45) is 3.96. The van der Waals surface area contributed by atoms with Crippen molar-refractivity contribution in [3.8, 4) is 5.75 Å². The smallest absolute Gasteiger partial charge is 0.151 e. The maximum absolute atomic E-state index is 6.37. The third kappa shape index (κ3) is 3.57. The van der Waals surface area contributed by atoms with Gasteiger partial charge in [0.25, 0.3) is 0 Å². The number of benzene rings is 2. The van der Waals surface area contributed by atoms with Crippen LogP contribution in [0, 0.1) is 0 Å². The first-order chi connectivity index (χ1) is 12.6. The predicted octanol–water partition coefficient (Wildman–Crippen LogP) is 5.89. The normalized spacial score (nSPS) is 14.1. The molecule has 0 saturated carbocycles. The summed E-state index contributed by atoms with van der Waals surface area (Å²) < 4.78 is 12.1. The van der Waals surface area contributed by atoms with E-state index in [2.05, 4.69) is 13.2 Å². The lowest BCUT2D eigenvalue weighted by atomic mass is 10.1. The lowest BCUT2D eigenvalue weighted by molar-refractivity contribution is 0.243. The van der Waals surface area contributed by atoms with Crippen LogP contribution in [0.4, 0.5) is 5.69 Å². The van der Waals surface area contributed by atoms with Crippen LogP contribution in [0.2, 0.25) is 0 Å². The highest BCUT2D eigenvalue weighted by Gasteiger charge is 2.26. The van der Waals surface area contributed by atoms with E-state index in [9.17, 15) is 0 Å². The standard InChI is InChI=1S/C23H23NO2/c1-5-15-24-18(4)20(16-25-17(2)3)23(19-11-7-6-8-12-19)26-22-14-10-9-13-21(22)24/h5-15H,2,4,16H2,1,3H3/b15-5-. The van der Waals surface area contributed by atoms with Crippen LogP contribution in [-0.4, -0.2) is 6.61 Å². The van der Waals surface area contributed by atoms with Crippen molar-refractivity contribution in [2.75, 3.05) is 11.5 Å². The first-order valence-corrected chi connectivity index (χ1v) is 8.57. The van der Waals surface area contributed by atoms with Crippen molar-refractivity contribution in [3.63, 3.8) is 0 Å². The second kappa shape index (κ2) is 7.79. The Balaban J connectivity index is 2.19. The van der Waals surface area contributed by atoms with Crippen molar-refractivity contribution >= 4 is 11.4 Å². The number of ether oxygens (including phenoxy) is 2. The first kappa shape index (κ1) is 17.6. The minimum Gasteiger partial charge on any atom is -0.494 e. The van der Waals surface area contributed by atoms with Crippen LogP contribution in [0.15, 0.2) is 97.1 Å². The number of rotatable bonds is 5. The lowest BCUT2D eigenvalue weighted by Crippen LogP contribution is -2.17. The highest BCUT2D eigenvalue weighted by atomic mass is 16.5. The molecule has 3 nitrogen and oxygen atoms in total. The highest BCUT2D eigenvalue weighted by molar-refractivity contribution is 5.79. The monoisotopic (exact) mass is 345 g/mol. The van der Waals surface area contributed by atoms with Crippen molar-refractivity contribution in [1.29, 1.82) is 0 Å². The van der Waals surface area contributed by atoms with Gasteiger partial charge in [0, 0.05) is 17.5 Å².